The predicted molar refractivity (Wildman–Crippen MR) is 108 cm³/mol. The minimum Gasteiger partial charge on any atom is -0.480 e. The average Bonchev–Trinajstić information content (AvgIpc) is 2.70. The van der Waals surface area contributed by atoms with E-state index in [-0.39, 0.29) is 31.1 Å². The Kier molecular flexibility index (Phi) is 18.4. The molecule has 0 aliphatic heterocycles. The lowest BCUT2D eigenvalue weighted by molar-refractivity contribution is -0.142. The highest BCUT2D eigenvalue weighted by Gasteiger charge is 2.20. The molecule has 29 heavy (non-hydrogen) atoms. The summed E-state index contributed by atoms with van der Waals surface area (Å²) in [5, 5.41) is 17.2. The second-order valence-electron chi connectivity index (χ2n) is 6.35. The first-order valence-corrected chi connectivity index (χ1v) is 10.2. The zero-order chi connectivity index (χ0) is 21.7. The Hall–Kier alpha value is -1.75. The number of hydrogen-bond donors (Lipinski definition) is 4. The van der Waals surface area contributed by atoms with E-state index in [0.29, 0.717) is 46.0 Å². The second kappa shape index (κ2) is 19.6. The predicted octanol–water partition coefficient (Wildman–Crippen LogP) is -0.0884. The highest BCUT2D eigenvalue weighted by atomic mass is 16.5. The largest absolute Gasteiger partial charge is 0.480 e. The van der Waals surface area contributed by atoms with Crippen LogP contribution in [0.4, 0.5) is 0 Å². The highest BCUT2D eigenvalue weighted by molar-refractivity contribution is 5.84. The number of rotatable bonds is 20. The minimum atomic E-state index is -1.14. The molecule has 0 radical (unpaired) electrons. The summed E-state index contributed by atoms with van der Waals surface area (Å²) in [6.45, 7) is 6.31. The van der Waals surface area contributed by atoms with Gasteiger partial charge in [-0.3, -0.25) is 9.59 Å². The summed E-state index contributed by atoms with van der Waals surface area (Å²) in [5.41, 5.74) is 0. The van der Waals surface area contributed by atoms with Gasteiger partial charge in [0.15, 0.2) is 0 Å². The van der Waals surface area contributed by atoms with Crippen LogP contribution < -0.4 is 16.0 Å². The van der Waals surface area contributed by atoms with Gasteiger partial charge in [-0.1, -0.05) is 6.92 Å². The summed E-state index contributed by atoms with van der Waals surface area (Å²) in [5.74, 6) is -1.74. The Bertz CT molecular complexity index is 450. The highest BCUT2D eigenvalue weighted by Crippen LogP contribution is 1.99. The van der Waals surface area contributed by atoms with Gasteiger partial charge in [0.1, 0.15) is 6.04 Å². The number of nitrogens with one attached hydrogen (secondary N) is 3. The first-order chi connectivity index (χ1) is 14.0. The summed E-state index contributed by atoms with van der Waals surface area (Å²) in [6, 6.07) is -1.05. The Morgan fingerprint density at radius 2 is 1.41 bits per heavy atom. The number of carbonyl (C=O) groups excluding carboxylic acids is 2. The minimum absolute atomic E-state index is 0.0344. The van der Waals surface area contributed by atoms with Gasteiger partial charge in [0, 0.05) is 32.6 Å². The Labute approximate surface area is 173 Å². The lowest BCUT2D eigenvalue weighted by atomic mass is 10.1. The van der Waals surface area contributed by atoms with Crippen LogP contribution in [-0.2, 0) is 28.6 Å². The van der Waals surface area contributed by atoms with E-state index < -0.39 is 12.0 Å². The molecule has 0 spiro atoms. The van der Waals surface area contributed by atoms with E-state index in [4.69, 9.17) is 19.3 Å². The molecule has 0 aliphatic rings. The first kappa shape index (κ1) is 27.2. The van der Waals surface area contributed by atoms with E-state index in [1.807, 2.05) is 7.05 Å². The number of amides is 2. The van der Waals surface area contributed by atoms with Gasteiger partial charge in [-0.2, -0.15) is 0 Å². The van der Waals surface area contributed by atoms with Crippen LogP contribution >= 0.6 is 0 Å². The molecule has 0 aromatic carbocycles. The lowest BCUT2D eigenvalue weighted by Crippen LogP contribution is -2.41. The molecule has 2 amide bonds. The van der Waals surface area contributed by atoms with Gasteiger partial charge in [-0.25, -0.2) is 4.79 Å². The number of carboxylic acid groups (broad SMARTS) is 1. The monoisotopic (exact) mass is 419 g/mol. The van der Waals surface area contributed by atoms with Gasteiger partial charge >= 0.3 is 5.97 Å². The van der Waals surface area contributed by atoms with Crippen molar-refractivity contribution < 1.29 is 33.7 Å². The second-order valence-corrected chi connectivity index (χ2v) is 6.35. The third kappa shape index (κ3) is 18.0. The zero-order valence-electron chi connectivity index (χ0n) is 17.7. The maximum absolute atomic E-state index is 11.8. The maximum Gasteiger partial charge on any atom is 0.326 e. The Balaban J connectivity index is 3.49. The van der Waals surface area contributed by atoms with E-state index in [1.165, 1.54) is 0 Å². The maximum atomic E-state index is 11.8. The van der Waals surface area contributed by atoms with E-state index in [2.05, 4.69) is 16.0 Å². The van der Waals surface area contributed by atoms with Crippen molar-refractivity contribution in [1.29, 1.82) is 0 Å². The number of hydrogen-bond acceptors (Lipinski definition) is 7. The van der Waals surface area contributed by atoms with Crippen molar-refractivity contribution in [2.75, 3.05) is 59.8 Å². The molecule has 0 bridgehead atoms. The van der Waals surface area contributed by atoms with E-state index >= 15 is 0 Å². The third-order valence-corrected chi connectivity index (χ3v) is 3.86. The fourth-order valence-corrected chi connectivity index (χ4v) is 2.21. The summed E-state index contributed by atoms with van der Waals surface area (Å²) < 4.78 is 16.2. The van der Waals surface area contributed by atoms with Gasteiger partial charge in [-0.05, 0) is 32.9 Å². The van der Waals surface area contributed by atoms with Crippen molar-refractivity contribution >= 4 is 17.8 Å². The molecule has 0 rings (SSSR count). The third-order valence-electron chi connectivity index (χ3n) is 3.86. The molecule has 10 nitrogen and oxygen atoms in total. The first-order valence-electron chi connectivity index (χ1n) is 10.2. The summed E-state index contributed by atoms with van der Waals surface area (Å²) in [6.07, 6.45) is 1.92. The Morgan fingerprint density at radius 3 is 1.93 bits per heavy atom. The van der Waals surface area contributed by atoms with Crippen LogP contribution in [0.25, 0.3) is 0 Å². The molecular weight excluding hydrogens is 382 g/mol. The van der Waals surface area contributed by atoms with Crippen molar-refractivity contribution in [3.63, 3.8) is 0 Å². The van der Waals surface area contributed by atoms with Gasteiger partial charge in [0.25, 0.3) is 0 Å². The van der Waals surface area contributed by atoms with Crippen LogP contribution in [0.5, 0.6) is 0 Å². The molecule has 4 N–H and O–H groups in total. The quantitative estimate of drug-likeness (QED) is 0.201. The molecule has 1 atom stereocenters. The van der Waals surface area contributed by atoms with Crippen LogP contribution in [0.3, 0.4) is 0 Å². The van der Waals surface area contributed by atoms with E-state index in [1.54, 1.807) is 6.92 Å². The molecule has 10 heteroatoms. The topological polar surface area (TPSA) is 135 Å². The van der Waals surface area contributed by atoms with Gasteiger partial charge in [0.05, 0.1) is 26.4 Å². The standard InChI is InChI=1S/C19H37N3O7/c1-3-17(23)22-16(19(25)26)6-7-18(24)21-9-5-11-28-13-15-29-14-12-27-10-4-8-20-2/h16,20H,3-15H2,1-2H3,(H,21,24)(H,22,23)(H,25,26). The van der Waals surface area contributed by atoms with Crippen molar-refractivity contribution in [2.45, 2.75) is 45.1 Å². The van der Waals surface area contributed by atoms with Crippen molar-refractivity contribution in [3.05, 3.63) is 0 Å². The Morgan fingerprint density at radius 1 is 0.862 bits per heavy atom. The number of ether oxygens (including phenoxy) is 3. The molecule has 0 saturated carbocycles. The molecule has 1 unspecified atom stereocenters. The number of carbonyl (C=O) groups is 3. The smallest absolute Gasteiger partial charge is 0.326 e. The van der Waals surface area contributed by atoms with E-state index in [0.717, 1.165) is 19.6 Å². The summed E-state index contributed by atoms with van der Waals surface area (Å²) in [4.78, 5) is 34.1. The molecule has 0 aromatic rings. The molecule has 0 aromatic heterocycles. The number of carboxylic acids is 1. The van der Waals surface area contributed by atoms with Crippen LogP contribution in [0.15, 0.2) is 0 Å². The molecule has 0 saturated heterocycles. The summed E-state index contributed by atoms with van der Waals surface area (Å²) in [7, 11) is 1.91. The average molecular weight is 420 g/mol. The van der Waals surface area contributed by atoms with Crippen molar-refractivity contribution in [1.82, 2.24) is 16.0 Å². The summed E-state index contributed by atoms with van der Waals surface area (Å²) >= 11 is 0. The SMILES string of the molecule is CCC(=O)NC(CCC(=O)NCCCOCCOCCOCCCNC)C(=O)O. The van der Waals surface area contributed by atoms with Gasteiger partial charge in [-0.15, -0.1) is 0 Å². The molecule has 0 heterocycles. The normalized spacial score (nSPS) is 11.8. The van der Waals surface area contributed by atoms with Crippen molar-refractivity contribution in [2.24, 2.45) is 0 Å². The molecule has 170 valence electrons. The van der Waals surface area contributed by atoms with Crippen LogP contribution in [0.2, 0.25) is 0 Å². The van der Waals surface area contributed by atoms with Crippen LogP contribution in [0.1, 0.15) is 39.0 Å². The fraction of sp³-hybridized carbons (Fsp3) is 0.842. The van der Waals surface area contributed by atoms with Crippen LogP contribution in [-0.4, -0.2) is 88.7 Å². The fourth-order valence-electron chi connectivity index (χ4n) is 2.21. The number of aliphatic carboxylic acids is 1. The molecule has 0 fully saturated rings. The van der Waals surface area contributed by atoms with Gasteiger partial charge in [0.2, 0.25) is 11.8 Å². The van der Waals surface area contributed by atoms with Crippen molar-refractivity contribution in [3.8, 4) is 0 Å². The van der Waals surface area contributed by atoms with E-state index in [9.17, 15) is 14.4 Å². The zero-order valence-corrected chi connectivity index (χ0v) is 17.7. The van der Waals surface area contributed by atoms with Gasteiger partial charge < -0.3 is 35.3 Å². The lowest BCUT2D eigenvalue weighted by Gasteiger charge is -2.13. The van der Waals surface area contributed by atoms with Crippen LogP contribution in [0, 0.1) is 0 Å². The molecular formula is C19H37N3O7. The molecule has 0 aliphatic carbocycles.